The number of benzene rings is 4. The Hall–Kier alpha value is -5.02. The molecule has 0 aliphatic heterocycles. The molecule has 8 nitrogen and oxygen atoms in total. The van der Waals surface area contributed by atoms with Crippen LogP contribution in [0, 0.1) is 6.92 Å². The van der Waals surface area contributed by atoms with Crippen molar-refractivity contribution in [2.75, 3.05) is 6.61 Å². The van der Waals surface area contributed by atoms with Crippen LogP contribution in [0.3, 0.4) is 0 Å². The molecule has 5 rings (SSSR count). The minimum Gasteiger partial charge on any atom is -0.489 e. The van der Waals surface area contributed by atoms with Crippen LogP contribution in [0.25, 0.3) is 22.2 Å². The zero-order chi connectivity index (χ0) is 29.5. The minimum absolute atomic E-state index is 0.312. The maximum atomic E-state index is 13.3. The quantitative estimate of drug-likeness (QED) is 0.158. The van der Waals surface area contributed by atoms with Crippen LogP contribution in [0.2, 0.25) is 0 Å². The zero-order valence-electron chi connectivity index (χ0n) is 22.6. The summed E-state index contributed by atoms with van der Waals surface area (Å²) in [4.78, 5) is 42.7. The number of fused-ring (bicyclic) bond motifs is 1. The van der Waals surface area contributed by atoms with E-state index >= 15 is 0 Å². The molecule has 0 atom stereocenters. The van der Waals surface area contributed by atoms with E-state index in [-0.39, 0.29) is 0 Å². The number of carbonyl (C=O) groups excluding carboxylic acids is 3. The van der Waals surface area contributed by atoms with Gasteiger partial charge in [-0.1, -0.05) is 64.5 Å². The van der Waals surface area contributed by atoms with E-state index in [1.807, 2.05) is 72.8 Å². The summed E-state index contributed by atoms with van der Waals surface area (Å²) in [6, 6.07) is 31.3. The van der Waals surface area contributed by atoms with Gasteiger partial charge in [0.2, 0.25) is 0 Å². The fourth-order valence-electron chi connectivity index (χ4n) is 4.34. The fourth-order valence-corrected chi connectivity index (χ4v) is 4.60. The summed E-state index contributed by atoms with van der Waals surface area (Å²) in [6.45, 7) is 1.66. The number of nitrogens with one attached hydrogen (secondary N) is 2. The number of esters is 1. The van der Waals surface area contributed by atoms with Gasteiger partial charge in [0, 0.05) is 21.0 Å². The summed E-state index contributed by atoms with van der Waals surface area (Å²) in [5.41, 5.74) is 8.95. The molecule has 0 aliphatic rings. The Morgan fingerprint density at radius 3 is 2.24 bits per heavy atom. The number of halogens is 1. The van der Waals surface area contributed by atoms with Crippen molar-refractivity contribution in [2.45, 2.75) is 13.5 Å². The first-order valence-corrected chi connectivity index (χ1v) is 13.9. The average molecular weight is 624 g/mol. The summed E-state index contributed by atoms with van der Waals surface area (Å²) in [5.74, 6) is -1.15. The maximum Gasteiger partial charge on any atom is 0.339 e. The second-order valence-electron chi connectivity index (χ2n) is 9.36. The predicted molar refractivity (Wildman–Crippen MR) is 163 cm³/mol. The van der Waals surface area contributed by atoms with Gasteiger partial charge in [-0.05, 0) is 72.6 Å². The van der Waals surface area contributed by atoms with Crippen LogP contribution in [-0.2, 0) is 16.1 Å². The van der Waals surface area contributed by atoms with Crippen LogP contribution in [-0.4, -0.2) is 29.4 Å². The summed E-state index contributed by atoms with van der Waals surface area (Å²) in [7, 11) is 0. The van der Waals surface area contributed by atoms with E-state index in [0.717, 1.165) is 15.6 Å². The van der Waals surface area contributed by atoms with Gasteiger partial charge >= 0.3 is 5.97 Å². The molecular formula is C33H26BrN3O5. The number of para-hydroxylation sites is 1. The van der Waals surface area contributed by atoms with Crippen LogP contribution in [0.4, 0.5) is 0 Å². The highest BCUT2D eigenvalue weighted by atomic mass is 79.9. The van der Waals surface area contributed by atoms with Crippen molar-refractivity contribution in [2.24, 2.45) is 0 Å². The second kappa shape index (κ2) is 13.1. The molecule has 2 N–H and O–H groups in total. The van der Waals surface area contributed by atoms with Gasteiger partial charge in [0.05, 0.1) is 16.8 Å². The van der Waals surface area contributed by atoms with Crippen molar-refractivity contribution >= 4 is 44.6 Å². The second-order valence-corrected chi connectivity index (χ2v) is 10.3. The first kappa shape index (κ1) is 28.5. The van der Waals surface area contributed by atoms with E-state index in [9.17, 15) is 14.4 Å². The Kier molecular flexibility index (Phi) is 8.89. The number of rotatable bonds is 8. The lowest BCUT2D eigenvalue weighted by atomic mass is 9.97. The number of carbonyl (C=O) groups is 3. The molecule has 5 aromatic rings. The highest BCUT2D eigenvalue weighted by Gasteiger charge is 2.21. The van der Waals surface area contributed by atoms with Gasteiger partial charge in [-0.2, -0.15) is 0 Å². The standard InChI is InChI=1S/C33H26BrN3O5/c1-21-30(33(40)42-20-29(38)36-37-32(39)24-11-15-25(34)16-12-24)27-9-5-6-10-28(27)35-31(21)23-13-17-26(18-14-23)41-19-22-7-3-2-4-8-22/h2-18H,19-20H2,1H3,(H,36,38)(H,37,39). The van der Waals surface area contributed by atoms with E-state index in [1.165, 1.54) is 0 Å². The Morgan fingerprint density at radius 1 is 0.810 bits per heavy atom. The Balaban J connectivity index is 1.28. The third-order valence-corrected chi connectivity index (χ3v) is 7.00. The van der Waals surface area contributed by atoms with Crippen LogP contribution in [0.15, 0.2) is 108 Å². The van der Waals surface area contributed by atoms with Crippen LogP contribution in [0.1, 0.15) is 31.8 Å². The molecule has 210 valence electrons. The smallest absolute Gasteiger partial charge is 0.339 e. The third kappa shape index (κ3) is 6.82. The van der Waals surface area contributed by atoms with E-state index < -0.39 is 24.4 Å². The van der Waals surface area contributed by atoms with Gasteiger partial charge in [0.1, 0.15) is 12.4 Å². The average Bonchev–Trinajstić information content (AvgIpc) is 3.02. The molecule has 0 unspecified atom stereocenters. The molecule has 0 aliphatic carbocycles. The Morgan fingerprint density at radius 2 is 1.50 bits per heavy atom. The monoisotopic (exact) mass is 623 g/mol. The van der Waals surface area contributed by atoms with Crippen LogP contribution < -0.4 is 15.6 Å². The Bertz CT molecular complexity index is 1740. The maximum absolute atomic E-state index is 13.3. The molecule has 42 heavy (non-hydrogen) atoms. The number of aromatic nitrogens is 1. The number of hydrazine groups is 1. The normalized spacial score (nSPS) is 10.6. The Labute approximate surface area is 250 Å². The van der Waals surface area contributed by atoms with Gasteiger partial charge in [-0.15, -0.1) is 0 Å². The van der Waals surface area contributed by atoms with Gasteiger partial charge in [0.15, 0.2) is 6.61 Å². The van der Waals surface area contributed by atoms with E-state index in [2.05, 4.69) is 26.8 Å². The molecule has 0 radical (unpaired) electrons. The van der Waals surface area contributed by atoms with Crippen molar-refractivity contribution in [3.8, 4) is 17.0 Å². The first-order chi connectivity index (χ1) is 20.4. The lowest BCUT2D eigenvalue weighted by Gasteiger charge is -2.15. The predicted octanol–water partition coefficient (Wildman–Crippen LogP) is 6.17. The van der Waals surface area contributed by atoms with Crippen LogP contribution in [0.5, 0.6) is 5.75 Å². The highest BCUT2D eigenvalue weighted by molar-refractivity contribution is 9.10. The topological polar surface area (TPSA) is 107 Å². The number of pyridine rings is 1. The van der Waals surface area contributed by atoms with E-state index in [0.29, 0.717) is 45.6 Å². The molecule has 0 saturated carbocycles. The van der Waals surface area contributed by atoms with E-state index in [4.69, 9.17) is 14.5 Å². The molecule has 1 heterocycles. The van der Waals surface area contributed by atoms with Gasteiger partial charge in [-0.25, -0.2) is 9.78 Å². The van der Waals surface area contributed by atoms with Gasteiger partial charge < -0.3 is 9.47 Å². The first-order valence-electron chi connectivity index (χ1n) is 13.1. The molecule has 2 amide bonds. The molecule has 1 aromatic heterocycles. The number of amides is 2. The molecule has 9 heteroatoms. The van der Waals surface area contributed by atoms with Crippen molar-refractivity contribution in [3.05, 3.63) is 130 Å². The van der Waals surface area contributed by atoms with Crippen LogP contribution >= 0.6 is 15.9 Å². The molecule has 0 spiro atoms. The molecule has 0 bridgehead atoms. The summed E-state index contributed by atoms with van der Waals surface area (Å²) < 4.78 is 12.1. The summed E-state index contributed by atoms with van der Waals surface area (Å²) in [5, 5.41) is 0.607. The number of hydrogen-bond donors (Lipinski definition) is 2. The SMILES string of the molecule is Cc1c(-c2ccc(OCc3ccccc3)cc2)nc2ccccc2c1C(=O)OCC(=O)NNC(=O)c1ccc(Br)cc1. The zero-order valence-corrected chi connectivity index (χ0v) is 24.2. The highest BCUT2D eigenvalue weighted by Crippen LogP contribution is 2.31. The fraction of sp³-hybridized carbons (Fsp3) is 0.0909. The number of ether oxygens (including phenoxy) is 2. The number of hydrogen-bond acceptors (Lipinski definition) is 6. The lowest BCUT2D eigenvalue weighted by Crippen LogP contribution is -2.43. The lowest BCUT2D eigenvalue weighted by molar-refractivity contribution is -0.125. The minimum atomic E-state index is -0.684. The van der Waals surface area contributed by atoms with Crippen molar-refractivity contribution in [3.63, 3.8) is 0 Å². The summed E-state index contributed by atoms with van der Waals surface area (Å²) >= 11 is 3.30. The molecule has 0 saturated heterocycles. The number of nitrogens with zero attached hydrogens (tertiary/aromatic N) is 1. The molecule has 0 fully saturated rings. The van der Waals surface area contributed by atoms with Crippen molar-refractivity contribution in [1.82, 2.24) is 15.8 Å². The van der Waals surface area contributed by atoms with Crippen molar-refractivity contribution in [1.29, 1.82) is 0 Å². The summed E-state index contributed by atoms with van der Waals surface area (Å²) in [6.07, 6.45) is 0. The molecular weight excluding hydrogens is 598 g/mol. The third-order valence-electron chi connectivity index (χ3n) is 6.47. The van der Waals surface area contributed by atoms with Crippen molar-refractivity contribution < 1.29 is 23.9 Å². The van der Waals surface area contributed by atoms with E-state index in [1.54, 1.807) is 37.3 Å². The largest absolute Gasteiger partial charge is 0.489 e. The molecule has 4 aromatic carbocycles. The van der Waals surface area contributed by atoms with Gasteiger partial charge in [0.25, 0.3) is 11.8 Å². The van der Waals surface area contributed by atoms with Gasteiger partial charge in [-0.3, -0.25) is 20.4 Å².